The lowest BCUT2D eigenvalue weighted by Gasteiger charge is -2.36. The van der Waals surface area contributed by atoms with Gasteiger partial charge < -0.3 is 0 Å². The van der Waals surface area contributed by atoms with Gasteiger partial charge in [0.15, 0.2) is 0 Å². The van der Waals surface area contributed by atoms with Gasteiger partial charge in [-0.3, -0.25) is 0 Å². The van der Waals surface area contributed by atoms with E-state index >= 15 is 0 Å². The Labute approximate surface area is 115 Å². The molecule has 2 aliphatic carbocycles. The van der Waals surface area contributed by atoms with Crippen molar-refractivity contribution in [1.82, 2.24) is 0 Å². The highest BCUT2D eigenvalue weighted by Gasteiger charge is 2.31. The zero-order chi connectivity index (χ0) is 12.7. The molecule has 0 aliphatic heterocycles. The first-order valence-corrected chi connectivity index (χ1v) is 7.57. The maximum atomic E-state index is 2.37. The molecule has 0 bridgehead atoms. The van der Waals surface area contributed by atoms with Gasteiger partial charge in [-0.15, -0.1) is 0 Å². The van der Waals surface area contributed by atoms with E-state index in [1.807, 2.05) is 0 Å². The molecule has 19 heavy (non-hydrogen) atoms. The van der Waals surface area contributed by atoms with Crippen molar-refractivity contribution < 1.29 is 0 Å². The lowest BCUT2D eigenvalue weighted by molar-refractivity contribution is 0.437. The first-order chi connectivity index (χ1) is 9.42. The average molecular weight is 248 g/mol. The summed E-state index contributed by atoms with van der Waals surface area (Å²) in [6, 6.07) is 18.1. The Morgan fingerprint density at radius 3 is 2.53 bits per heavy atom. The standard InChI is InChI=1S/C19H20/c1-2-6-14(7-3-1)18-12-16-10-4-8-15-9-5-11-17(13-18)19(15)16/h1-4,6-8,10,17-18H,5,9,11-13H2. The van der Waals surface area contributed by atoms with Crippen molar-refractivity contribution in [2.45, 2.75) is 43.9 Å². The van der Waals surface area contributed by atoms with Crippen LogP contribution in [0.2, 0.25) is 0 Å². The Bertz CT molecular complexity index is 582. The van der Waals surface area contributed by atoms with E-state index in [0.29, 0.717) is 0 Å². The summed E-state index contributed by atoms with van der Waals surface area (Å²) in [5.74, 6) is 1.55. The molecule has 4 rings (SSSR count). The molecular formula is C19H20. The van der Waals surface area contributed by atoms with Gasteiger partial charge in [-0.25, -0.2) is 0 Å². The number of benzene rings is 2. The first kappa shape index (κ1) is 11.3. The van der Waals surface area contributed by atoms with Crippen molar-refractivity contribution in [3.8, 4) is 0 Å². The molecule has 2 aliphatic rings. The van der Waals surface area contributed by atoms with Crippen molar-refractivity contribution in [2.24, 2.45) is 0 Å². The third-order valence-electron chi connectivity index (χ3n) is 5.00. The van der Waals surface area contributed by atoms with Gasteiger partial charge in [0.05, 0.1) is 0 Å². The Balaban J connectivity index is 1.75. The first-order valence-electron chi connectivity index (χ1n) is 7.57. The van der Waals surface area contributed by atoms with Crippen molar-refractivity contribution in [1.29, 1.82) is 0 Å². The molecule has 0 heterocycles. The third kappa shape index (κ3) is 1.90. The predicted molar refractivity (Wildman–Crippen MR) is 79.6 cm³/mol. The minimum absolute atomic E-state index is 0.729. The molecule has 2 atom stereocenters. The molecule has 0 N–H and O–H groups in total. The predicted octanol–water partition coefficient (Wildman–Crippen LogP) is 4.84. The summed E-state index contributed by atoms with van der Waals surface area (Å²) in [4.78, 5) is 0. The average Bonchev–Trinajstić information content (AvgIpc) is 2.49. The Hall–Kier alpha value is -1.56. The second-order valence-corrected chi connectivity index (χ2v) is 6.13. The van der Waals surface area contributed by atoms with E-state index in [0.717, 1.165) is 11.8 Å². The molecule has 0 amide bonds. The third-order valence-corrected chi connectivity index (χ3v) is 5.00. The molecule has 0 nitrogen and oxygen atoms in total. The molecule has 0 saturated carbocycles. The van der Waals surface area contributed by atoms with Crippen LogP contribution in [0.25, 0.3) is 0 Å². The van der Waals surface area contributed by atoms with Gasteiger partial charge >= 0.3 is 0 Å². The van der Waals surface area contributed by atoms with E-state index in [1.165, 1.54) is 37.7 Å². The fourth-order valence-corrected chi connectivity index (χ4v) is 4.18. The molecule has 0 radical (unpaired) electrons. The number of hydrogen-bond donors (Lipinski definition) is 0. The van der Waals surface area contributed by atoms with Crippen LogP contribution in [0.4, 0.5) is 0 Å². The second-order valence-electron chi connectivity index (χ2n) is 6.13. The molecule has 0 aromatic heterocycles. The van der Waals surface area contributed by atoms with Crippen LogP contribution in [0.15, 0.2) is 48.5 Å². The number of aryl methyl sites for hydroxylation is 1. The Morgan fingerprint density at radius 1 is 0.789 bits per heavy atom. The van der Waals surface area contributed by atoms with Gasteiger partial charge in [0.25, 0.3) is 0 Å². The van der Waals surface area contributed by atoms with E-state index in [2.05, 4.69) is 48.5 Å². The molecule has 0 saturated heterocycles. The second kappa shape index (κ2) is 4.52. The van der Waals surface area contributed by atoms with E-state index in [9.17, 15) is 0 Å². The van der Waals surface area contributed by atoms with Crippen molar-refractivity contribution in [2.75, 3.05) is 0 Å². The largest absolute Gasteiger partial charge is 0.0622 e. The normalized spacial score (nSPS) is 24.8. The molecular weight excluding hydrogens is 228 g/mol. The fourth-order valence-electron chi connectivity index (χ4n) is 4.18. The van der Waals surface area contributed by atoms with Crippen LogP contribution in [0.5, 0.6) is 0 Å². The summed E-state index contributed by atoms with van der Waals surface area (Å²) in [5, 5.41) is 0. The zero-order valence-corrected chi connectivity index (χ0v) is 11.3. The van der Waals surface area contributed by atoms with Gasteiger partial charge in [-0.2, -0.15) is 0 Å². The van der Waals surface area contributed by atoms with Crippen molar-refractivity contribution in [3.05, 3.63) is 70.8 Å². The lowest BCUT2D eigenvalue weighted by Crippen LogP contribution is -2.22. The number of hydrogen-bond acceptors (Lipinski definition) is 0. The summed E-state index contributed by atoms with van der Waals surface area (Å²) in [7, 11) is 0. The highest BCUT2D eigenvalue weighted by atomic mass is 14.4. The topological polar surface area (TPSA) is 0 Å². The maximum Gasteiger partial charge on any atom is -0.0116 e. The zero-order valence-electron chi connectivity index (χ0n) is 11.3. The van der Waals surface area contributed by atoms with Crippen molar-refractivity contribution >= 4 is 0 Å². The summed E-state index contributed by atoms with van der Waals surface area (Å²) in [5.41, 5.74) is 6.52. The van der Waals surface area contributed by atoms with Gasteiger partial charge in [0.1, 0.15) is 0 Å². The fraction of sp³-hybridized carbons (Fsp3) is 0.368. The van der Waals surface area contributed by atoms with E-state index < -0.39 is 0 Å². The highest BCUT2D eigenvalue weighted by molar-refractivity contribution is 5.43. The molecule has 0 heteroatoms. The number of rotatable bonds is 1. The molecule has 2 aromatic rings. The van der Waals surface area contributed by atoms with Crippen LogP contribution in [0, 0.1) is 0 Å². The van der Waals surface area contributed by atoms with E-state index in [4.69, 9.17) is 0 Å². The summed E-state index contributed by atoms with van der Waals surface area (Å²) < 4.78 is 0. The van der Waals surface area contributed by atoms with Crippen LogP contribution in [0.1, 0.15) is 53.4 Å². The maximum absolute atomic E-state index is 2.37. The molecule has 2 unspecified atom stereocenters. The minimum Gasteiger partial charge on any atom is -0.0622 e. The molecule has 0 spiro atoms. The highest BCUT2D eigenvalue weighted by Crippen LogP contribution is 2.45. The van der Waals surface area contributed by atoms with Crippen molar-refractivity contribution in [3.63, 3.8) is 0 Å². The minimum atomic E-state index is 0.729. The van der Waals surface area contributed by atoms with Crippen LogP contribution >= 0.6 is 0 Å². The van der Waals surface area contributed by atoms with Crippen LogP contribution < -0.4 is 0 Å². The van der Waals surface area contributed by atoms with Gasteiger partial charge in [0, 0.05) is 0 Å². The summed E-state index contributed by atoms with van der Waals surface area (Å²) >= 11 is 0. The van der Waals surface area contributed by atoms with Crippen LogP contribution in [-0.2, 0) is 12.8 Å². The SMILES string of the molecule is c1ccc(C2Cc3cccc4c3C(CCC4)C2)cc1. The van der Waals surface area contributed by atoms with Crippen LogP contribution in [0.3, 0.4) is 0 Å². The van der Waals surface area contributed by atoms with Gasteiger partial charge in [-0.1, -0.05) is 48.5 Å². The Kier molecular flexibility index (Phi) is 2.69. The summed E-state index contributed by atoms with van der Waals surface area (Å²) in [6.07, 6.45) is 6.67. The quantitative estimate of drug-likeness (QED) is 0.677. The lowest BCUT2D eigenvalue weighted by atomic mass is 9.68. The van der Waals surface area contributed by atoms with E-state index in [1.54, 1.807) is 16.7 Å². The van der Waals surface area contributed by atoms with Crippen LogP contribution in [-0.4, -0.2) is 0 Å². The smallest absolute Gasteiger partial charge is 0.0116 e. The van der Waals surface area contributed by atoms with Gasteiger partial charge in [0.2, 0.25) is 0 Å². The molecule has 2 aromatic carbocycles. The molecule has 0 fully saturated rings. The monoisotopic (exact) mass is 248 g/mol. The Morgan fingerprint density at radius 2 is 1.63 bits per heavy atom. The molecule has 96 valence electrons. The van der Waals surface area contributed by atoms with Gasteiger partial charge in [-0.05, 0) is 66.2 Å². The summed E-state index contributed by atoms with van der Waals surface area (Å²) in [6.45, 7) is 0. The van der Waals surface area contributed by atoms with E-state index in [-0.39, 0.29) is 0 Å².